The van der Waals surface area contributed by atoms with Gasteiger partial charge in [0.25, 0.3) is 5.91 Å². The number of aromatic nitrogens is 3. The molecule has 41 heavy (non-hydrogen) atoms. The van der Waals surface area contributed by atoms with E-state index in [-0.39, 0.29) is 28.6 Å². The highest BCUT2D eigenvalue weighted by Crippen LogP contribution is 2.40. The number of amides is 1. The van der Waals surface area contributed by atoms with Crippen LogP contribution in [-0.2, 0) is 22.5 Å². The molecule has 0 fully saturated rings. The predicted molar refractivity (Wildman–Crippen MR) is 155 cm³/mol. The van der Waals surface area contributed by atoms with Crippen LogP contribution in [0.3, 0.4) is 0 Å². The average Bonchev–Trinajstić information content (AvgIpc) is 3.24. The van der Waals surface area contributed by atoms with Crippen LogP contribution >= 0.6 is 0 Å². The number of anilines is 2. The van der Waals surface area contributed by atoms with Crippen molar-refractivity contribution in [2.45, 2.75) is 32.3 Å². The predicted octanol–water partition coefficient (Wildman–Crippen LogP) is 3.72. The van der Waals surface area contributed by atoms with Crippen molar-refractivity contribution in [2.75, 3.05) is 30.0 Å². The quantitative estimate of drug-likeness (QED) is 0.230. The van der Waals surface area contributed by atoms with Gasteiger partial charge in [-0.1, -0.05) is 32.9 Å². The molecule has 0 aliphatic carbocycles. The summed E-state index contributed by atoms with van der Waals surface area (Å²) in [4.78, 5) is 21.7. The van der Waals surface area contributed by atoms with Crippen molar-refractivity contribution in [3.8, 4) is 17.4 Å². The van der Waals surface area contributed by atoms with Crippen LogP contribution in [0.2, 0.25) is 0 Å². The molecule has 2 aromatic carbocycles. The second-order valence-corrected chi connectivity index (χ2v) is 12.3. The zero-order valence-corrected chi connectivity index (χ0v) is 24.4. The Morgan fingerprint density at radius 2 is 1.85 bits per heavy atom. The Balaban J connectivity index is 1.73. The molecule has 0 saturated heterocycles. The van der Waals surface area contributed by atoms with Gasteiger partial charge in [0, 0.05) is 24.7 Å². The largest absolute Gasteiger partial charge is 0.492 e. The van der Waals surface area contributed by atoms with E-state index in [0.717, 1.165) is 17.2 Å². The molecule has 12 nitrogen and oxygen atoms in total. The molecule has 2 heterocycles. The number of nitrogens with one attached hydrogen (secondary N) is 2. The van der Waals surface area contributed by atoms with Crippen LogP contribution in [0, 0.1) is 0 Å². The maximum Gasteiger partial charge on any atom is 0.272 e. The number of nitrogens with zero attached hydrogens (tertiary/aromatic N) is 3. The number of carbonyl (C=O) groups is 1. The molecule has 0 aliphatic heterocycles. The molecule has 0 radical (unpaired) electrons. The number of fused-ring (bicyclic) bond motifs is 1. The first-order chi connectivity index (χ1) is 19.2. The first-order valence-electron chi connectivity index (χ1n) is 12.6. The summed E-state index contributed by atoms with van der Waals surface area (Å²) in [6.45, 7) is 5.38. The maximum atomic E-state index is 13.6. The van der Waals surface area contributed by atoms with E-state index in [4.69, 9.17) is 9.47 Å². The Hall–Kier alpha value is -4.20. The van der Waals surface area contributed by atoms with E-state index < -0.39 is 28.6 Å². The summed E-state index contributed by atoms with van der Waals surface area (Å²) in [6.07, 6.45) is 1.20. The number of aliphatic hydroxyl groups is 2. The van der Waals surface area contributed by atoms with Crippen molar-refractivity contribution < 1.29 is 32.9 Å². The van der Waals surface area contributed by atoms with E-state index in [0.29, 0.717) is 22.6 Å². The summed E-state index contributed by atoms with van der Waals surface area (Å²) >= 11 is 0. The maximum absolute atomic E-state index is 13.6. The van der Waals surface area contributed by atoms with Crippen LogP contribution in [0.5, 0.6) is 17.4 Å². The fourth-order valence-corrected chi connectivity index (χ4v) is 4.84. The number of para-hydroxylation sites is 1. The minimum atomic E-state index is -3.63. The third-order valence-electron chi connectivity index (χ3n) is 6.29. The minimum Gasteiger partial charge on any atom is -0.492 e. The number of methoxy groups -OCH3 is 1. The lowest BCUT2D eigenvalue weighted by molar-refractivity contribution is 0.0881. The fourth-order valence-electron chi connectivity index (χ4n) is 4.28. The van der Waals surface area contributed by atoms with Gasteiger partial charge in [-0.2, -0.15) is 4.98 Å². The molecule has 218 valence electrons. The van der Waals surface area contributed by atoms with Crippen molar-refractivity contribution >= 4 is 38.2 Å². The molecule has 13 heteroatoms. The topological polar surface area (TPSA) is 165 Å². The van der Waals surface area contributed by atoms with Gasteiger partial charge in [-0.25, -0.2) is 13.4 Å². The van der Waals surface area contributed by atoms with Gasteiger partial charge in [0.15, 0.2) is 17.3 Å². The van der Waals surface area contributed by atoms with E-state index in [1.54, 1.807) is 41.9 Å². The van der Waals surface area contributed by atoms with Crippen LogP contribution in [-0.4, -0.2) is 59.0 Å². The van der Waals surface area contributed by atoms with Crippen molar-refractivity contribution in [3.63, 3.8) is 0 Å². The number of rotatable bonds is 9. The number of sulfonamides is 1. The Morgan fingerprint density at radius 3 is 2.49 bits per heavy atom. The Labute approximate surface area is 238 Å². The second kappa shape index (κ2) is 11.4. The lowest BCUT2D eigenvalue weighted by Gasteiger charge is -2.24. The number of carbonyl (C=O) groups excluding carboxylic acids is 1. The molecule has 4 rings (SSSR count). The van der Waals surface area contributed by atoms with Crippen molar-refractivity contribution in [2.24, 2.45) is 7.05 Å². The molecule has 1 unspecified atom stereocenters. The van der Waals surface area contributed by atoms with Gasteiger partial charge < -0.3 is 29.6 Å². The number of aliphatic hydroxyl groups excluding tert-OH is 2. The summed E-state index contributed by atoms with van der Waals surface area (Å²) in [6, 6.07) is 12.0. The van der Waals surface area contributed by atoms with E-state index >= 15 is 0 Å². The van der Waals surface area contributed by atoms with Crippen molar-refractivity contribution in [1.29, 1.82) is 0 Å². The first kappa shape index (κ1) is 29.8. The van der Waals surface area contributed by atoms with Gasteiger partial charge in [-0.15, -0.1) is 0 Å². The average molecular weight is 584 g/mol. The highest BCUT2D eigenvalue weighted by atomic mass is 32.2. The van der Waals surface area contributed by atoms with E-state index in [1.807, 2.05) is 26.8 Å². The van der Waals surface area contributed by atoms with Gasteiger partial charge in [-0.05, 0) is 35.2 Å². The van der Waals surface area contributed by atoms with Gasteiger partial charge in [-0.3, -0.25) is 9.52 Å². The number of aryl methyl sites for hydroxylation is 1. The summed E-state index contributed by atoms with van der Waals surface area (Å²) in [5.41, 5.74) is 1.84. The Bertz CT molecular complexity index is 1710. The third-order valence-corrected chi connectivity index (χ3v) is 6.88. The lowest BCUT2D eigenvalue weighted by Crippen LogP contribution is -2.19. The Kier molecular flexibility index (Phi) is 8.24. The van der Waals surface area contributed by atoms with Gasteiger partial charge in [0.05, 0.1) is 36.9 Å². The lowest BCUT2D eigenvalue weighted by atomic mass is 9.86. The molecule has 0 bridgehead atoms. The van der Waals surface area contributed by atoms with E-state index in [1.165, 1.54) is 19.4 Å². The summed E-state index contributed by atoms with van der Waals surface area (Å²) in [5.74, 6) is 0.278. The zero-order chi connectivity index (χ0) is 30.1. The highest BCUT2D eigenvalue weighted by Gasteiger charge is 2.24. The minimum absolute atomic E-state index is 0.0142. The highest BCUT2D eigenvalue weighted by molar-refractivity contribution is 7.92. The molecular formula is C28H33N5O7S. The molecule has 1 atom stereocenters. The monoisotopic (exact) mass is 583 g/mol. The second-order valence-electron chi connectivity index (χ2n) is 10.5. The van der Waals surface area contributed by atoms with Crippen molar-refractivity contribution in [1.82, 2.24) is 14.5 Å². The van der Waals surface area contributed by atoms with E-state index in [2.05, 4.69) is 20.0 Å². The van der Waals surface area contributed by atoms with Gasteiger partial charge >= 0.3 is 0 Å². The van der Waals surface area contributed by atoms with Crippen LogP contribution in [0.1, 0.15) is 48.8 Å². The van der Waals surface area contributed by atoms with Crippen LogP contribution in [0.25, 0.3) is 10.9 Å². The first-order valence-corrected chi connectivity index (χ1v) is 14.5. The Morgan fingerprint density at radius 1 is 1.15 bits per heavy atom. The number of hydrogen-bond acceptors (Lipinski definition) is 9. The van der Waals surface area contributed by atoms with Crippen molar-refractivity contribution in [3.05, 3.63) is 65.7 Å². The van der Waals surface area contributed by atoms with Gasteiger partial charge in [0.2, 0.25) is 15.9 Å². The standard InChI is InChI=1S/C28H33N5O7S/c1-28(2,3)17-13-18(25(39-5)19(14-17)32-41(6,37)38)30-27(36)20-12-16-8-7-9-22(24(16)33(20)4)40-23-10-11-29-26(31-23)21(35)15-34/h7-14,21,32,34-35H,15H2,1-6H3,(H,30,36). The summed E-state index contributed by atoms with van der Waals surface area (Å²) < 4.78 is 39.8. The SMILES string of the molecule is COc1c(NC(=O)c2cc3cccc(Oc4ccnc(C(O)CO)n4)c3n2C)cc(C(C)(C)C)cc1NS(C)(=O)=O. The number of benzene rings is 2. The molecule has 4 N–H and O–H groups in total. The zero-order valence-electron chi connectivity index (χ0n) is 23.6. The molecule has 0 saturated carbocycles. The molecule has 4 aromatic rings. The van der Waals surface area contributed by atoms with Crippen LogP contribution in [0.4, 0.5) is 11.4 Å². The molecule has 0 aliphatic rings. The summed E-state index contributed by atoms with van der Waals surface area (Å²) in [7, 11) is -0.520. The molecule has 0 spiro atoms. The smallest absolute Gasteiger partial charge is 0.272 e. The third kappa shape index (κ3) is 6.59. The van der Waals surface area contributed by atoms with Gasteiger partial charge in [0.1, 0.15) is 11.8 Å². The fraction of sp³-hybridized carbons (Fsp3) is 0.321. The molecular weight excluding hydrogens is 550 g/mol. The van der Waals surface area contributed by atoms with Crippen LogP contribution in [0.15, 0.2) is 48.7 Å². The number of ether oxygens (including phenoxy) is 2. The molecule has 1 amide bonds. The van der Waals surface area contributed by atoms with E-state index in [9.17, 15) is 23.4 Å². The molecule has 2 aromatic heterocycles. The van der Waals surface area contributed by atoms with Crippen LogP contribution < -0.4 is 19.5 Å². The summed E-state index contributed by atoms with van der Waals surface area (Å²) in [5, 5.41) is 22.7. The normalized spacial score (nSPS) is 12.7. The number of hydrogen-bond donors (Lipinski definition) is 4.